The minimum atomic E-state index is -1.25. The normalized spacial score (nSPS) is 15.9. The van der Waals surface area contributed by atoms with Crippen molar-refractivity contribution < 1.29 is 33.0 Å². The van der Waals surface area contributed by atoms with E-state index in [1.165, 1.54) is 49.9 Å². The van der Waals surface area contributed by atoms with E-state index in [1.54, 1.807) is 0 Å². The van der Waals surface area contributed by atoms with Gasteiger partial charge in [-0.15, -0.1) is 0 Å². The van der Waals surface area contributed by atoms with Gasteiger partial charge in [0, 0.05) is 29.9 Å². The van der Waals surface area contributed by atoms with Crippen molar-refractivity contribution in [2.45, 2.75) is 25.7 Å². The number of fused-ring (bicyclic) bond motifs is 1. The number of carbonyl (C=O) groups excluding carboxylic acids is 2. The third kappa shape index (κ3) is 4.80. The van der Waals surface area contributed by atoms with Crippen molar-refractivity contribution in [1.29, 1.82) is 0 Å². The Balaban J connectivity index is 1.30. The highest BCUT2D eigenvalue weighted by molar-refractivity contribution is 6.13. The van der Waals surface area contributed by atoms with Crippen molar-refractivity contribution >= 4 is 28.4 Å². The van der Waals surface area contributed by atoms with Crippen molar-refractivity contribution in [2.24, 2.45) is 5.41 Å². The molecular weight excluding hydrogens is 486 g/mol. The number of carbonyl (C=O) groups is 2. The SMILES string of the molecule is COc1cc2c(Oc3ccc(NC(=O)C4(C(=O)NC5=CC=C(F)CC5)CC4)cc3F)ncnc2cc1O. The van der Waals surface area contributed by atoms with Crippen LogP contribution in [0.3, 0.4) is 0 Å². The van der Waals surface area contributed by atoms with Gasteiger partial charge in [-0.25, -0.2) is 18.7 Å². The molecule has 37 heavy (non-hydrogen) atoms. The van der Waals surface area contributed by atoms with Crippen LogP contribution in [0.4, 0.5) is 14.5 Å². The first-order valence-electron chi connectivity index (χ1n) is 11.5. The van der Waals surface area contributed by atoms with Crippen LogP contribution in [0.15, 0.2) is 60.3 Å². The maximum Gasteiger partial charge on any atom is 0.240 e. The number of methoxy groups -OCH3 is 1. The fraction of sp³-hybridized carbons (Fsp3) is 0.231. The van der Waals surface area contributed by atoms with Gasteiger partial charge in [0.15, 0.2) is 23.1 Å². The third-order valence-corrected chi connectivity index (χ3v) is 6.29. The summed E-state index contributed by atoms with van der Waals surface area (Å²) in [5, 5.41) is 15.6. The number of phenols is 1. The van der Waals surface area contributed by atoms with E-state index in [0.29, 0.717) is 35.9 Å². The van der Waals surface area contributed by atoms with Gasteiger partial charge in [-0.3, -0.25) is 9.59 Å². The van der Waals surface area contributed by atoms with E-state index in [4.69, 9.17) is 9.47 Å². The topological polar surface area (TPSA) is 123 Å². The van der Waals surface area contributed by atoms with Gasteiger partial charge < -0.3 is 25.2 Å². The van der Waals surface area contributed by atoms with Crippen molar-refractivity contribution in [1.82, 2.24) is 15.3 Å². The summed E-state index contributed by atoms with van der Waals surface area (Å²) in [6, 6.07) is 6.69. The Morgan fingerprint density at radius 2 is 1.78 bits per heavy atom. The summed E-state index contributed by atoms with van der Waals surface area (Å²) in [6.45, 7) is 0. The van der Waals surface area contributed by atoms with Crippen LogP contribution in [0.5, 0.6) is 23.1 Å². The van der Waals surface area contributed by atoms with Gasteiger partial charge in [-0.1, -0.05) is 0 Å². The smallest absolute Gasteiger partial charge is 0.240 e. The van der Waals surface area contributed by atoms with E-state index in [1.807, 2.05) is 0 Å². The Hall–Kier alpha value is -4.54. The number of aromatic nitrogens is 2. The van der Waals surface area contributed by atoms with Gasteiger partial charge in [-0.2, -0.15) is 0 Å². The fourth-order valence-corrected chi connectivity index (χ4v) is 3.97. The second-order valence-electron chi connectivity index (χ2n) is 8.76. The molecule has 2 aliphatic rings. The number of allylic oxidation sites excluding steroid dienone is 4. The molecule has 1 heterocycles. The molecule has 190 valence electrons. The van der Waals surface area contributed by atoms with Gasteiger partial charge in [-0.05, 0) is 49.6 Å². The first kappa shape index (κ1) is 24.2. The Labute approximate surface area is 209 Å². The number of hydrogen-bond donors (Lipinski definition) is 3. The lowest BCUT2D eigenvalue weighted by Gasteiger charge is -2.18. The number of nitrogens with zero attached hydrogens (tertiary/aromatic N) is 2. The zero-order chi connectivity index (χ0) is 26.2. The summed E-state index contributed by atoms with van der Waals surface area (Å²) in [4.78, 5) is 33.8. The van der Waals surface area contributed by atoms with Gasteiger partial charge >= 0.3 is 0 Å². The number of ether oxygens (including phenoxy) is 2. The molecule has 1 saturated carbocycles. The first-order chi connectivity index (χ1) is 17.8. The number of aromatic hydroxyl groups is 1. The zero-order valence-corrected chi connectivity index (χ0v) is 19.7. The number of phenolic OH excluding ortho intramolecular Hbond substituents is 1. The van der Waals surface area contributed by atoms with E-state index in [-0.39, 0.29) is 41.1 Å². The van der Waals surface area contributed by atoms with Crippen LogP contribution in [0, 0.1) is 11.2 Å². The average molecular weight is 508 g/mol. The Morgan fingerprint density at radius 1 is 1.00 bits per heavy atom. The highest BCUT2D eigenvalue weighted by Crippen LogP contribution is 2.47. The number of halogens is 2. The van der Waals surface area contributed by atoms with Crippen LogP contribution >= 0.6 is 0 Å². The summed E-state index contributed by atoms with van der Waals surface area (Å²) in [6.07, 6.45) is 5.23. The number of hydrogen-bond acceptors (Lipinski definition) is 7. The minimum absolute atomic E-state index is 0.0410. The van der Waals surface area contributed by atoms with Crippen LogP contribution in [0.2, 0.25) is 0 Å². The maximum absolute atomic E-state index is 14.9. The fourth-order valence-electron chi connectivity index (χ4n) is 3.97. The van der Waals surface area contributed by atoms with Crippen molar-refractivity contribution in [2.75, 3.05) is 12.4 Å². The number of nitrogens with one attached hydrogen (secondary N) is 2. The molecule has 11 heteroatoms. The predicted molar refractivity (Wildman–Crippen MR) is 129 cm³/mol. The van der Waals surface area contributed by atoms with Gasteiger partial charge in [0.25, 0.3) is 0 Å². The number of anilines is 1. The quantitative estimate of drug-likeness (QED) is 0.397. The second-order valence-corrected chi connectivity index (χ2v) is 8.76. The number of benzene rings is 2. The van der Waals surface area contributed by atoms with Crippen LogP contribution < -0.4 is 20.1 Å². The number of amides is 2. The standard InChI is InChI=1S/C26H22F2N4O5/c1-36-22-11-17-19(12-20(22)33)29-13-30-23(17)37-21-7-6-16(10-18(21)28)32-25(35)26(8-9-26)24(34)31-15-4-2-14(27)3-5-15/h2,4,6-7,10-13,33H,3,5,8-9H2,1H3,(H,31,34)(H,32,35). The lowest BCUT2D eigenvalue weighted by atomic mass is 10.0. The summed E-state index contributed by atoms with van der Waals surface area (Å²) in [5.74, 6) is -2.12. The monoisotopic (exact) mass is 508 g/mol. The minimum Gasteiger partial charge on any atom is -0.504 e. The number of rotatable bonds is 7. The van der Waals surface area contributed by atoms with E-state index < -0.39 is 23.0 Å². The molecular formula is C26H22F2N4O5. The van der Waals surface area contributed by atoms with Crippen LogP contribution in [0.1, 0.15) is 25.7 Å². The molecule has 0 spiro atoms. The Morgan fingerprint density at radius 3 is 2.46 bits per heavy atom. The van der Waals surface area contributed by atoms with Crippen molar-refractivity contribution in [3.63, 3.8) is 0 Å². The highest BCUT2D eigenvalue weighted by Gasteiger charge is 2.56. The molecule has 2 amide bonds. The van der Waals surface area contributed by atoms with Crippen LogP contribution in [-0.4, -0.2) is 34.0 Å². The summed E-state index contributed by atoms with van der Waals surface area (Å²) in [7, 11) is 1.39. The summed E-state index contributed by atoms with van der Waals surface area (Å²) >= 11 is 0. The van der Waals surface area contributed by atoms with Gasteiger partial charge in [0.2, 0.25) is 17.7 Å². The predicted octanol–water partition coefficient (Wildman–Crippen LogP) is 4.64. The largest absolute Gasteiger partial charge is 0.504 e. The van der Waals surface area contributed by atoms with E-state index in [2.05, 4.69) is 20.6 Å². The molecule has 0 saturated heterocycles. The van der Waals surface area contributed by atoms with Crippen LogP contribution in [0.25, 0.3) is 10.9 Å². The molecule has 3 N–H and O–H groups in total. The Bertz CT molecular complexity index is 1480. The van der Waals surface area contributed by atoms with Crippen LogP contribution in [-0.2, 0) is 9.59 Å². The molecule has 0 aliphatic heterocycles. The second kappa shape index (κ2) is 9.49. The van der Waals surface area contributed by atoms with E-state index in [0.717, 1.165) is 6.07 Å². The molecule has 0 unspecified atom stereocenters. The van der Waals surface area contributed by atoms with E-state index in [9.17, 15) is 23.5 Å². The van der Waals surface area contributed by atoms with Gasteiger partial charge in [0.05, 0.1) is 18.0 Å². The molecule has 1 fully saturated rings. The molecule has 1 aromatic heterocycles. The lowest BCUT2D eigenvalue weighted by Crippen LogP contribution is -2.39. The molecule has 0 radical (unpaired) electrons. The molecule has 2 aliphatic carbocycles. The third-order valence-electron chi connectivity index (χ3n) is 6.29. The van der Waals surface area contributed by atoms with Gasteiger partial charge in [0.1, 0.15) is 17.6 Å². The highest BCUT2D eigenvalue weighted by atomic mass is 19.1. The molecule has 5 rings (SSSR count). The summed E-state index contributed by atoms with van der Waals surface area (Å²) < 4.78 is 38.8. The molecule has 0 atom stereocenters. The molecule has 0 bridgehead atoms. The molecule has 3 aromatic rings. The first-order valence-corrected chi connectivity index (χ1v) is 11.5. The molecule has 9 nitrogen and oxygen atoms in total. The Kier molecular flexibility index (Phi) is 6.20. The van der Waals surface area contributed by atoms with Crippen molar-refractivity contribution in [3.8, 4) is 23.1 Å². The molecule has 2 aromatic carbocycles. The lowest BCUT2D eigenvalue weighted by molar-refractivity contribution is -0.133. The zero-order valence-electron chi connectivity index (χ0n) is 19.7. The average Bonchev–Trinajstić information content (AvgIpc) is 3.69. The van der Waals surface area contributed by atoms with Crippen molar-refractivity contribution in [3.05, 3.63) is 66.2 Å². The summed E-state index contributed by atoms with van der Waals surface area (Å²) in [5.41, 5.74) is -0.194. The maximum atomic E-state index is 14.9. The van der Waals surface area contributed by atoms with E-state index >= 15 is 0 Å².